The Bertz CT molecular complexity index is 944. The molecule has 0 bridgehead atoms. The Kier molecular flexibility index (Phi) is 6.68. The summed E-state index contributed by atoms with van der Waals surface area (Å²) in [7, 11) is 0. The summed E-state index contributed by atoms with van der Waals surface area (Å²) in [4.78, 5) is 18.7. The van der Waals surface area contributed by atoms with Gasteiger partial charge in [0.2, 0.25) is 5.91 Å². The number of allylic oxidation sites excluding steroid dienone is 1. The normalized spacial score (nSPS) is 14.8. The monoisotopic (exact) mass is 453 g/mol. The zero-order valence-electron chi connectivity index (χ0n) is 16.6. The largest absolute Gasteiger partial charge is 0.330 e. The van der Waals surface area contributed by atoms with Gasteiger partial charge in [-0.3, -0.25) is 10.1 Å². The van der Waals surface area contributed by atoms with Crippen LogP contribution >= 0.6 is 15.9 Å². The number of nitrogens with one attached hydrogen (secondary N) is 2. The summed E-state index contributed by atoms with van der Waals surface area (Å²) in [5, 5.41) is 15.2. The van der Waals surface area contributed by atoms with Crippen molar-refractivity contribution in [1.82, 2.24) is 15.6 Å². The molecular formula is C22H24BrN5O. The van der Waals surface area contributed by atoms with Crippen molar-refractivity contribution in [1.29, 1.82) is 5.26 Å². The van der Waals surface area contributed by atoms with Gasteiger partial charge in [-0.25, -0.2) is 4.98 Å². The van der Waals surface area contributed by atoms with Crippen molar-refractivity contribution in [3.63, 3.8) is 0 Å². The second kappa shape index (κ2) is 9.21. The van der Waals surface area contributed by atoms with Gasteiger partial charge in [-0.1, -0.05) is 34.1 Å². The topological polar surface area (TPSA) is 81.0 Å². The predicted molar refractivity (Wildman–Crippen MR) is 117 cm³/mol. The summed E-state index contributed by atoms with van der Waals surface area (Å²) in [6, 6.07) is 13.7. The molecule has 6 nitrogen and oxygen atoms in total. The minimum Gasteiger partial charge on any atom is -0.330 e. The molecule has 7 heteroatoms. The first kappa shape index (κ1) is 21.0. The predicted octanol–water partition coefficient (Wildman–Crippen LogP) is 3.80. The number of nitrogens with zero attached hydrogens (tertiary/aromatic N) is 3. The summed E-state index contributed by atoms with van der Waals surface area (Å²) < 4.78 is 1.06. The smallest absolute Gasteiger partial charge is 0.237 e. The molecule has 2 N–H and O–H groups in total. The Balaban J connectivity index is 1.58. The van der Waals surface area contributed by atoms with Crippen LogP contribution < -0.4 is 15.5 Å². The van der Waals surface area contributed by atoms with Crippen LogP contribution in [0.4, 0.5) is 5.82 Å². The number of amides is 1. The maximum absolute atomic E-state index is 12.4. The van der Waals surface area contributed by atoms with E-state index in [1.54, 1.807) is 24.5 Å². The molecule has 0 unspecified atom stereocenters. The molecule has 1 fully saturated rings. The molecule has 0 saturated heterocycles. The van der Waals surface area contributed by atoms with Crippen LogP contribution in [0.2, 0.25) is 0 Å². The maximum Gasteiger partial charge on any atom is 0.237 e. The van der Waals surface area contributed by atoms with Gasteiger partial charge in [0.15, 0.2) is 0 Å². The maximum atomic E-state index is 12.4. The third-order valence-corrected chi connectivity index (χ3v) is 5.76. The summed E-state index contributed by atoms with van der Waals surface area (Å²) in [6.45, 7) is 4.86. The number of hydrogen-bond donors (Lipinski definition) is 2. The average molecular weight is 454 g/mol. The molecule has 0 atom stereocenters. The zero-order valence-corrected chi connectivity index (χ0v) is 18.2. The van der Waals surface area contributed by atoms with E-state index in [4.69, 9.17) is 5.26 Å². The lowest BCUT2D eigenvalue weighted by Crippen LogP contribution is -2.38. The SMILES string of the molecule is CCN(/C(C)=C/NC(=O)CNC1(c2ccccc2Br)CC1)c1ccc(C#N)cn1. The molecule has 1 aliphatic rings. The van der Waals surface area contributed by atoms with Crippen LogP contribution in [0.15, 0.2) is 59.0 Å². The highest BCUT2D eigenvalue weighted by Crippen LogP contribution is 2.47. The van der Waals surface area contributed by atoms with E-state index in [-0.39, 0.29) is 18.0 Å². The number of anilines is 1. The third kappa shape index (κ3) is 5.03. The fraction of sp³-hybridized carbons (Fsp3) is 0.318. The highest BCUT2D eigenvalue weighted by Gasteiger charge is 2.45. The van der Waals surface area contributed by atoms with E-state index in [9.17, 15) is 4.79 Å². The first-order chi connectivity index (χ1) is 14.0. The van der Waals surface area contributed by atoms with Gasteiger partial charge in [0.05, 0.1) is 12.1 Å². The van der Waals surface area contributed by atoms with Gasteiger partial charge in [0, 0.05) is 34.7 Å². The van der Waals surface area contributed by atoms with Crippen LogP contribution in [0.5, 0.6) is 0 Å². The van der Waals surface area contributed by atoms with Crippen molar-refractivity contribution in [2.45, 2.75) is 32.2 Å². The number of aromatic nitrogens is 1. The number of benzene rings is 1. The Morgan fingerprint density at radius 2 is 2.10 bits per heavy atom. The van der Waals surface area contributed by atoms with E-state index >= 15 is 0 Å². The molecule has 29 heavy (non-hydrogen) atoms. The molecule has 1 saturated carbocycles. The Morgan fingerprint density at radius 3 is 2.69 bits per heavy atom. The van der Waals surface area contributed by atoms with E-state index in [0.29, 0.717) is 12.1 Å². The Hall–Kier alpha value is -2.69. The fourth-order valence-electron chi connectivity index (χ4n) is 3.28. The lowest BCUT2D eigenvalue weighted by Gasteiger charge is -2.23. The standard InChI is InChI=1S/C22H24BrN5O/c1-3-28(20-9-8-17(12-24)14-25-20)16(2)13-26-21(29)15-27-22(10-11-22)18-6-4-5-7-19(18)23/h4-9,13-14,27H,3,10-11,15H2,1-2H3,(H,26,29)/b16-13+. The fourth-order valence-corrected chi connectivity index (χ4v) is 3.95. The number of carbonyl (C=O) groups is 1. The molecule has 1 aromatic heterocycles. The van der Waals surface area contributed by atoms with E-state index in [2.05, 4.69) is 43.7 Å². The van der Waals surface area contributed by atoms with Gasteiger partial charge in [0.1, 0.15) is 11.9 Å². The Labute approximate surface area is 179 Å². The molecule has 1 heterocycles. The first-order valence-electron chi connectivity index (χ1n) is 9.59. The van der Waals surface area contributed by atoms with Crippen molar-refractivity contribution in [3.8, 4) is 6.07 Å². The molecule has 2 aromatic rings. The molecule has 1 amide bonds. The summed E-state index contributed by atoms with van der Waals surface area (Å²) in [5.74, 6) is 0.644. The number of rotatable bonds is 8. The van der Waals surface area contributed by atoms with Gasteiger partial charge in [0.25, 0.3) is 0 Å². The van der Waals surface area contributed by atoms with E-state index in [1.807, 2.05) is 36.9 Å². The van der Waals surface area contributed by atoms with Gasteiger partial charge < -0.3 is 10.2 Å². The number of carbonyl (C=O) groups excluding carboxylic acids is 1. The minimum absolute atomic E-state index is 0.0912. The van der Waals surface area contributed by atoms with Crippen molar-refractivity contribution < 1.29 is 4.79 Å². The van der Waals surface area contributed by atoms with Crippen LogP contribution in [-0.4, -0.2) is 24.0 Å². The van der Waals surface area contributed by atoms with Gasteiger partial charge >= 0.3 is 0 Å². The van der Waals surface area contributed by atoms with Crippen molar-refractivity contribution in [2.75, 3.05) is 18.0 Å². The summed E-state index contributed by atoms with van der Waals surface area (Å²) in [6.07, 6.45) is 5.29. The lowest BCUT2D eigenvalue weighted by molar-refractivity contribution is -0.119. The number of pyridine rings is 1. The molecule has 0 spiro atoms. The molecule has 3 rings (SSSR count). The second-order valence-electron chi connectivity index (χ2n) is 7.03. The van der Waals surface area contributed by atoms with Crippen molar-refractivity contribution in [3.05, 3.63) is 70.1 Å². The minimum atomic E-state index is -0.113. The number of halogens is 1. The molecule has 0 aliphatic heterocycles. The van der Waals surface area contributed by atoms with Crippen LogP contribution in [-0.2, 0) is 10.3 Å². The Morgan fingerprint density at radius 1 is 1.34 bits per heavy atom. The van der Waals surface area contributed by atoms with Crippen LogP contribution in [0, 0.1) is 11.3 Å². The third-order valence-electron chi connectivity index (χ3n) is 5.06. The number of nitriles is 1. The van der Waals surface area contributed by atoms with Gasteiger partial charge in [-0.2, -0.15) is 5.26 Å². The zero-order chi connectivity index (χ0) is 20.9. The average Bonchev–Trinajstić information content (AvgIpc) is 3.53. The first-order valence-corrected chi connectivity index (χ1v) is 10.4. The van der Waals surface area contributed by atoms with Crippen molar-refractivity contribution >= 4 is 27.7 Å². The highest BCUT2D eigenvalue weighted by molar-refractivity contribution is 9.10. The highest BCUT2D eigenvalue weighted by atomic mass is 79.9. The van der Waals surface area contributed by atoms with Crippen LogP contribution in [0.3, 0.4) is 0 Å². The quantitative estimate of drug-likeness (QED) is 0.635. The van der Waals surface area contributed by atoms with Crippen LogP contribution in [0.25, 0.3) is 0 Å². The van der Waals surface area contributed by atoms with E-state index in [1.165, 1.54) is 5.56 Å². The van der Waals surface area contributed by atoms with Gasteiger partial charge in [-0.05, 0) is 50.5 Å². The van der Waals surface area contributed by atoms with E-state index in [0.717, 1.165) is 28.8 Å². The molecule has 0 radical (unpaired) electrons. The summed E-state index contributed by atoms with van der Waals surface area (Å²) >= 11 is 3.60. The van der Waals surface area contributed by atoms with E-state index < -0.39 is 0 Å². The summed E-state index contributed by atoms with van der Waals surface area (Å²) in [5.41, 5.74) is 2.47. The van der Waals surface area contributed by atoms with Crippen molar-refractivity contribution in [2.24, 2.45) is 0 Å². The lowest BCUT2D eigenvalue weighted by atomic mass is 10.1. The second-order valence-corrected chi connectivity index (χ2v) is 7.88. The molecule has 1 aliphatic carbocycles. The van der Waals surface area contributed by atoms with Crippen LogP contribution in [0.1, 0.15) is 37.8 Å². The molecular weight excluding hydrogens is 430 g/mol. The van der Waals surface area contributed by atoms with Gasteiger partial charge in [-0.15, -0.1) is 0 Å². The molecule has 1 aromatic carbocycles. The number of hydrogen-bond acceptors (Lipinski definition) is 5. The molecule has 150 valence electrons.